The Kier molecular flexibility index (Phi) is 6.50. The highest BCUT2D eigenvalue weighted by Crippen LogP contribution is 2.32. The molecule has 164 valence electrons. The van der Waals surface area contributed by atoms with E-state index in [1.54, 1.807) is 14.2 Å². The maximum absolute atomic E-state index is 5.41. The molecule has 0 aliphatic heterocycles. The summed E-state index contributed by atoms with van der Waals surface area (Å²) in [6.07, 6.45) is 3.50. The van der Waals surface area contributed by atoms with Gasteiger partial charge in [-0.05, 0) is 78.4 Å². The molecule has 0 saturated carbocycles. The van der Waals surface area contributed by atoms with Gasteiger partial charge in [0, 0.05) is 11.8 Å². The Labute approximate surface area is 188 Å². The van der Waals surface area contributed by atoms with Crippen LogP contribution in [0.2, 0.25) is 0 Å². The van der Waals surface area contributed by atoms with Crippen molar-refractivity contribution in [3.8, 4) is 22.6 Å². The Balaban J connectivity index is 1.61. The summed E-state index contributed by atoms with van der Waals surface area (Å²) >= 11 is 0. The molecule has 1 aromatic heterocycles. The van der Waals surface area contributed by atoms with Gasteiger partial charge in [0.2, 0.25) is 5.95 Å². The second-order valence-electron chi connectivity index (χ2n) is 7.82. The van der Waals surface area contributed by atoms with Gasteiger partial charge >= 0.3 is 0 Å². The lowest BCUT2D eigenvalue weighted by Gasteiger charge is -2.11. The molecule has 0 bridgehead atoms. The number of fused-ring (bicyclic) bond motifs is 1. The van der Waals surface area contributed by atoms with E-state index in [0.717, 1.165) is 51.3 Å². The van der Waals surface area contributed by atoms with Crippen molar-refractivity contribution < 1.29 is 9.47 Å². The number of hydrogen-bond acceptors (Lipinski definition) is 6. The molecule has 0 saturated heterocycles. The Morgan fingerprint density at radius 1 is 0.844 bits per heavy atom. The number of benzene rings is 3. The summed E-state index contributed by atoms with van der Waals surface area (Å²) in [4.78, 5) is 4.71. The molecule has 4 rings (SSSR count). The Morgan fingerprint density at radius 2 is 1.53 bits per heavy atom. The van der Waals surface area contributed by atoms with E-state index in [1.807, 2.05) is 31.2 Å². The Morgan fingerprint density at radius 3 is 2.19 bits per heavy atom. The summed E-state index contributed by atoms with van der Waals surface area (Å²) < 4.78 is 10.8. The van der Waals surface area contributed by atoms with E-state index in [-0.39, 0.29) is 0 Å². The largest absolute Gasteiger partial charge is 0.497 e. The fourth-order valence-corrected chi connectivity index (χ4v) is 3.67. The van der Waals surface area contributed by atoms with Gasteiger partial charge in [0.1, 0.15) is 17.0 Å². The molecule has 0 fully saturated rings. The van der Waals surface area contributed by atoms with E-state index >= 15 is 0 Å². The summed E-state index contributed by atoms with van der Waals surface area (Å²) in [5, 5.41) is 12.0. The van der Waals surface area contributed by atoms with E-state index in [2.05, 4.69) is 52.8 Å². The zero-order chi connectivity index (χ0) is 22.5. The number of aryl methyl sites for hydroxylation is 2. The predicted molar refractivity (Wildman–Crippen MR) is 129 cm³/mol. The smallest absolute Gasteiger partial charge is 0.247 e. The fourth-order valence-electron chi connectivity index (χ4n) is 3.67. The van der Waals surface area contributed by atoms with Crippen molar-refractivity contribution in [2.75, 3.05) is 19.5 Å². The van der Waals surface area contributed by atoms with Gasteiger partial charge in [-0.25, -0.2) is 4.98 Å². The van der Waals surface area contributed by atoms with Crippen molar-refractivity contribution in [3.05, 3.63) is 65.7 Å². The van der Waals surface area contributed by atoms with Crippen LogP contribution >= 0.6 is 0 Å². The standard InChI is InChI=1S/C26H28N4O2/c1-5-6-7-18-8-10-21(11-9-18)27-26-28-25-17(2)12-19(15-24(25)29-30-26)20-13-22(31-3)16-23(14-20)32-4/h8-16H,5-7H2,1-4H3,(H,27,28,30). The Bertz CT molecular complexity index is 1200. The van der Waals surface area contributed by atoms with Gasteiger partial charge in [0.25, 0.3) is 0 Å². The van der Waals surface area contributed by atoms with Crippen molar-refractivity contribution >= 4 is 22.7 Å². The number of nitrogens with zero attached hydrogens (tertiary/aromatic N) is 3. The van der Waals surface area contributed by atoms with Crippen LogP contribution in [0, 0.1) is 6.92 Å². The molecule has 32 heavy (non-hydrogen) atoms. The SMILES string of the molecule is CCCCc1ccc(Nc2nnc3cc(-c4cc(OC)cc(OC)c4)cc(C)c3n2)cc1. The van der Waals surface area contributed by atoms with Crippen molar-refractivity contribution in [1.82, 2.24) is 15.2 Å². The summed E-state index contributed by atoms with van der Waals surface area (Å²) in [6.45, 7) is 4.24. The van der Waals surface area contributed by atoms with Crippen LogP contribution in [0.25, 0.3) is 22.2 Å². The lowest BCUT2D eigenvalue weighted by molar-refractivity contribution is 0.394. The van der Waals surface area contributed by atoms with Crippen LogP contribution in [-0.2, 0) is 6.42 Å². The van der Waals surface area contributed by atoms with Crippen molar-refractivity contribution in [3.63, 3.8) is 0 Å². The van der Waals surface area contributed by atoms with E-state index in [4.69, 9.17) is 14.5 Å². The van der Waals surface area contributed by atoms with Crippen LogP contribution < -0.4 is 14.8 Å². The lowest BCUT2D eigenvalue weighted by Crippen LogP contribution is -2.01. The van der Waals surface area contributed by atoms with Crippen LogP contribution in [0.4, 0.5) is 11.6 Å². The highest BCUT2D eigenvalue weighted by molar-refractivity contribution is 5.85. The lowest BCUT2D eigenvalue weighted by atomic mass is 10.0. The second-order valence-corrected chi connectivity index (χ2v) is 7.82. The summed E-state index contributed by atoms with van der Waals surface area (Å²) in [5.74, 6) is 1.96. The number of aromatic nitrogens is 3. The van der Waals surface area contributed by atoms with Gasteiger partial charge in [0.05, 0.1) is 19.7 Å². The van der Waals surface area contributed by atoms with E-state index in [0.29, 0.717) is 5.95 Å². The molecule has 0 radical (unpaired) electrons. The molecule has 1 heterocycles. The quantitative estimate of drug-likeness (QED) is 0.365. The van der Waals surface area contributed by atoms with Crippen LogP contribution in [0.1, 0.15) is 30.9 Å². The summed E-state index contributed by atoms with van der Waals surface area (Å²) in [5.41, 5.74) is 6.86. The minimum absolute atomic E-state index is 0.484. The number of hydrogen-bond donors (Lipinski definition) is 1. The van der Waals surface area contributed by atoms with Crippen LogP contribution in [-0.4, -0.2) is 29.4 Å². The maximum atomic E-state index is 5.41. The van der Waals surface area contributed by atoms with Gasteiger partial charge in [-0.2, -0.15) is 0 Å². The summed E-state index contributed by atoms with van der Waals surface area (Å²) in [7, 11) is 3.29. The van der Waals surface area contributed by atoms with Gasteiger partial charge < -0.3 is 14.8 Å². The zero-order valence-corrected chi connectivity index (χ0v) is 19.0. The molecular weight excluding hydrogens is 400 g/mol. The molecule has 6 nitrogen and oxygen atoms in total. The average molecular weight is 429 g/mol. The second kappa shape index (κ2) is 9.64. The fraction of sp³-hybridized carbons (Fsp3) is 0.269. The molecular formula is C26H28N4O2. The van der Waals surface area contributed by atoms with E-state index in [9.17, 15) is 0 Å². The molecule has 1 N–H and O–H groups in total. The van der Waals surface area contributed by atoms with Crippen LogP contribution in [0.5, 0.6) is 11.5 Å². The number of rotatable bonds is 8. The third kappa shape index (κ3) is 4.80. The monoisotopic (exact) mass is 428 g/mol. The number of ether oxygens (including phenoxy) is 2. The van der Waals surface area contributed by atoms with Crippen molar-refractivity contribution in [1.29, 1.82) is 0 Å². The Hall–Kier alpha value is -3.67. The normalized spacial score (nSPS) is 10.9. The zero-order valence-electron chi connectivity index (χ0n) is 19.0. The number of methoxy groups -OCH3 is 2. The average Bonchev–Trinajstić information content (AvgIpc) is 2.83. The molecule has 0 unspecified atom stereocenters. The van der Waals surface area contributed by atoms with Crippen LogP contribution in [0.15, 0.2) is 54.6 Å². The first-order chi connectivity index (χ1) is 15.6. The predicted octanol–water partition coefficient (Wildman–Crippen LogP) is 6.10. The highest BCUT2D eigenvalue weighted by Gasteiger charge is 2.10. The van der Waals surface area contributed by atoms with Gasteiger partial charge in [-0.1, -0.05) is 25.5 Å². The third-order valence-corrected chi connectivity index (χ3v) is 5.46. The van der Waals surface area contributed by atoms with Crippen molar-refractivity contribution in [2.45, 2.75) is 33.1 Å². The molecule has 0 amide bonds. The van der Waals surface area contributed by atoms with Gasteiger partial charge in [-0.15, -0.1) is 10.2 Å². The number of anilines is 2. The summed E-state index contributed by atoms with van der Waals surface area (Å²) in [6, 6.07) is 18.3. The number of nitrogens with one attached hydrogen (secondary N) is 1. The molecule has 0 aliphatic carbocycles. The molecule has 4 aromatic rings. The van der Waals surface area contributed by atoms with Crippen molar-refractivity contribution in [2.24, 2.45) is 0 Å². The molecule has 0 atom stereocenters. The van der Waals surface area contributed by atoms with E-state index < -0.39 is 0 Å². The van der Waals surface area contributed by atoms with E-state index in [1.165, 1.54) is 18.4 Å². The molecule has 0 spiro atoms. The number of unbranched alkanes of at least 4 members (excludes halogenated alkanes) is 1. The highest BCUT2D eigenvalue weighted by atomic mass is 16.5. The maximum Gasteiger partial charge on any atom is 0.247 e. The first-order valence-electron chi connectivity index (χ1n) is 10.8. The minimum atomic E-state index is 0.484. The molecule has 0 aliphatic rings. The molecule has 6 heteroatoms. The van der Waals surface area contributed by atoms with Crippen LogP contribution in [0.3, 0.4) is 0 Å². The minimum Gasteiger partial charge on any atom is -0.497 e. The first-order valence-corrected chi connectivity index (χ1v) is 10.8. The topological polar surface area (TPSA) is 69.2 Å². The molecule has 3 aromatic carbocycles. The van der Waals surface area contributed by atoms with Gasteiger partial charge in [-0.3, -0.25) is 0 Å². The first kappa shape index (κ1) is 21.6. The third-order valence-electron chi connectivity index (χ3n) is 5.46. The van der Waals surface area contributed by atoms with Gasteiger partial charge in [0.15, 0.2) is 0 Å².